The zero-order chi connectivity index (χ0) is 5.98. The molecule has 0 amide bonds. The molecule has 0 saturated carbocycles. The van der Waals surface area contributed by atoms with E-state index in [1.807, 2.05) is 25.1 Å². The predicted molar refractivity (Wildman–Crippen MR) is 33.4 cm³/mol. The Labute approximate surface area is 98.3 Å². The molecule has 0 aliphatic carbocycles. The number of aromatic nitrogens is 1. The van der Waals surface area contributed by atoms with E-state index in [1.165, 1.54) is 0 Å². The van der Waals surface area contributed by atoms with Gasteiger partial charge in [0.05, 0.1) is 0 Å². The van der Waals surface area contributed by atoms with Crippen LogP contribution >= 0.6 is 0 Å². The van der Waals surface area contributed by atoms with Gasteiger partial charge < -0.3 is 0 Å². The van der Waals surface area contributed by atoms with Crippen LogP contribution in [0, 0.1) is 13.8 Å². The third-order valence-electron chi connectivity index (χ3n) is 0.946. The maximum absolute atomic E-state index is 4.06. The summed E-state index contributed by atoms with van der Waals surface area (Å²) in [5.41, 5.74) is 1.86. The Hall–Kier alpha value is 0.656. The fourth-order valence-corrected chi connectivity index (χ4v) is 0.599. The second-order valence-corrected chi connectivity index (χ2v) is 1.77. The summed E-state index contributed by atoms with van der Waals surface area (Å²) in [5.74, 6) is 0. The van der Waals surface area contributed by atoms with Crippen molar-refractivity contribution in [2.75, 3.05) is 0 Å². The first-order valence-corrected chi connectivity index (χ1v) is 2.54. The van der Waals surface area contributed by atoms with Crippen LogP contribution in [0.2, 0.25) is 0 Å². The van der Waals surface area contributed by atoms with Crippen LogP contribution in [0.25, 0.3) is 0 Å². The molecule has 1 rings (SSSR count). The maximum atomic E-state index is 4.06. The van der Waals surface area contributed by atoms with Gasteiger partial charge >= 0.3 is 51.4 Å². The molecule has 1 heterocycles. The first-order chi connectivity index (χ1) is 3.79. The summed E-state index contributed by atoms with van der Waals surface area (Å²) in [6.45, 7) is 5.62. The van der Waals surface area contributed by atoms with Gasteiger partial charge in [0, 0.05) is 5.69 Å². The van der Waals surface area contributed by atoms with Crippen LogP contribution in [0.15, 0.2) is 18.2 Å². The van der Waals surface area contributed by atoms with Gasteiger partial charge in [0.1, 0.15) is 0 Å². The first kappa shape index (κ1) is 9.66. The van der Waals surface area contributed by atoms with Gasteiger partial charge in [-0.15, -0.1) is 11.8 Å². The standard InChI is InChI=1S/C7H8N.K/c1-6-4-3-5-7(2)8-6;/h3-5H,1H2,2H3;/q-1;+1. The molecule has 0 N–H and O–H groups in total. The Morgan fingerprint density at radius 2 is 2.11 bits per heavy atom. The SMILES string of the molecule is [CH2-]c1cccc(C)n1.[K+]. The summed E-state index contributed by atoms with van der Waals surface area (Å²) in [6, 6.07) is 5.78. The van der Waals surface area contributed by atoms with Gasteiger partial charge in [-0.1, -0.05) is 6.07 Å². The molecule has 0 radical (unpaired) electrons. The molecule has 42 valence electrons. The van der Waals surface area contributed by atoms with Crippen LogP contribution in [0.1, 0.15) is 11.4 Å². The van der Waals surface area contributed by atoms with Crippen molar-refractivity contribution in [2.24, 2.45) is 0 Å². The van der Waals surface area contributed by atoms with E-state index >= 15 is 0 Å². The maximum Gasteiger partial charge on any atom is 1.00 e. The molecule has 0 aliphatic rings. The molecule has 1 nitrogen and oxygen atoms in total. The van der Waals surface area contributed by atoms with Crippen molar-refractivity contribution in [3.05, 3.63) is 36.5 Å². The fourth-order valence-electron chi connectivity index (χ4n) is 0.599. The molecule has 0 saturated heterocycles. The normalized spacial score (nSPS) is 8.11. The Morgan fingerprint density at radius 1 is 1.44 bits per heavy atom. The van der Waals surface area contributed by atoms with E-state index in [-0.39, 0.29) is 51.4 Å². The molecular weight excluding hydrogens is 137 g/mol. The number of nitrogens with zero attached hydrogens (tertiary/aromatic N) is 1. The van der Waals surface area contributed by atoms with E-state index in [0.29, 0.717) is 0 Å². The molecule has 0 bridgehead atoms. The quantitative estimate of drug-likeness (QED) is 0.322. The van der Waals surface area contributed by atoms with E-state index < -0.39 is 0 Å². The molecule has 0 aliphatic heterocycles. The second-order valence-electron chi connectivity index (χ2n) is 1.77. The second kappa shape index (κ2) is 4.47. The molecule has 2 heteroatoms. The van der Waals surface area contributed by atoms with Crippen molar-refractivity contribution in [2.45, 2.75) is 6.92 Å². The van der Waals surface area contributed by atoms with Gasteiger partial charge in [0.15, 0.2) is 0 Å². The number of hydrogen-bond acceptors (Lipinski definition) is 1. The minimum atomic E-state index is 0. The van der Waals surface area contributed by atoms with Gasteiger partial charge in [0.2, 0.25) is 0 Å². The summed E-state index contributed by atoms with van der Waals surface area (Å²) in [7, 11) is 0. The number of aryl methyl sites for hydroxylation is 1. The molecule has 9 heavy (non-hydrogen) atoms. The van der Waals surface area contributed by atoms with Crippen molar-refractivity contribution in [3.63, 3.8) is 0 Å². The van der Waals surface area contributed by atoms with Crippen molar-refractivity contribution >= 4 is 0 Å². The van der Waals surface area contributed by atoms with Crippen molar-refractivity contribution in [1.82, 2.24) is 4.98 Å². The Morgan fingerprint density at radius 3 is 2.44 bits per heavy atom. The van der Waals surface area contributed by atoms with Crippen LogP contribution in [0.5, 0.6) is 0 Å². The molecule has 1 aromatic heterocycles. The molecule has 0 atom stereocenters. The van der Waals surface area contributed by atoms with E-state index in [9.17, 15) is 0 Å². The Kier molecular flexibility index (Phi) is 4.79. The third kappa shape index (κ3) is 3.38. The zero-order valence-corrected chi connectivity index (χ0v) is 9.01. The molecule has 0 spiro atoms. The van der Waals surface area contributed by atoms with Crippen LogP contribution in [-0.4, -0.2) is 4.98 Å². The van der Waals surface area contributed by atoms with Gasteiger partial charge in [-0.25, -0.2) is 6.92 Å². The van der Waals surface area contributed by atoms with E-state index in [4.69, 9.17) is 0 Å². The number of pyridine rings is 1. The molecular formula is C7H8KN. The van der Waals surface area contributed by atoms with Gasteiger partial charge in [-0.05, 0) is 6.92 Å². The Bertz CT molecular complexity index is 169. The van der Waals surface area contributed by atoms with Gasteiger partial charge in [-0.3, -0.25) is 4.98 Å². The summed E-state index contributed by atoms with van der Waals surface area (Å²) >= 11 is 0. The molecule has 0 fully saturated rings. The van der Waals surface area contributed by atoms with Crippen LogP contribution in [-0.2, 0) is 0 Å². The summed E-state index contributed by atoms with van der Waals surface area (Å²) in [6.07, 6.45) is 0. The topological polar surface area (TPSA) is 12.9 Å². The zero-order valence-electron chi connectivity index (χ0n) is 5.89. The van der Waals surface area contributed by atoms with Gasteiger partial charge in [0.25, 0.3) is 0 Å². The molecule has 0 aromatic carbocycles. The predicted octanol–water partition coefficient (Wildman–Crippen LogP) is -1.42. The largest absolute Gasteiger partial charge is 1.00 e. The van der Waals surface area contributed by atoms with E-state index in [0.717, 1.165) is 11.4 Å². The van der Waals surface area contributed by atoms with Crippen LogP contribution in [0.4, 0.5) is 0 Å². The van der Waals surface area contributed by atoms with E-state index in [2.05, 4.69) is 11.9 Å². The summed E-state index contributed by atoms with van der Waals surface area (Å²) in [5, 5.41) is 0. The number of rotatable bonds is 0. The Balaban J connectivity index is 0.000000640. The van der Waals surface area contributed by atoms with Crippen LogP contribution in [0.3, 0.4) is 0 Å². The molecule has 0 unspecified atom stereocenters. The average molecular weight is 145 g/mol. The minimum Gasteiger partial charge on any atom is -0.293 e. The van der Waals surface area contributed by atoms with Gasteiger partial charge in [-0.2, -0.15) is 6.07 Å². The van der Waals surface area contributed by atoms with Crippen LogP contribution < -0.4 is 51.4 Å². The van der Waals surface area contributed by atoms with Crippen molar-refractivity contribution < 1.29 is 51.4 Å². The molecule has 1 aromatic rings. The monoisotopic (exact) mass is 145 g/mol. The van der Waals surface area contributed by atoms with Crippen molar-refractivity contribution in [3.8, 4) is 0 Å². The average Bonchev–Trinajstić information content (AvgIpc) is 1.64. The fraction of sp³-hybridized carbons (Fsp3) is 0.143. The first-order valence-electron chi connectivity index (χ1n) is 2.54. The number of hydrogen-bond donors (Lipinski definition) is 0. The van der Waals surface area contributed by atoms with Crippen molar-refractivity contribution in [1.29, 1.82) is 0 Å². The summed E-state index contributed by atoms with van der Waals surface area (Å²) in [4.78, 5) is 4.06. The van der Waals surface area contributed by atoms with E-state index in [1.54, 1.807) is 0 Å². The minimum absolute atomic E-state index is 0. The summed E-state index contributed by atoms with van der Waals surface area (Å²) < 4.78 is 0. The third-order valence-corrected chi connectivity index (χ3v) is 0.946. The smallest absolute Gasteiger partial charge is 0.293 e.